The number of piperidine rings is 1. The molecular formula is C17H20N2O3. The number of carbonyl (C=O) groups excluding carboxylic acids is 1. The molecule has 5 heteroatoms. The zero-order chi connectivity index (χ0) is 15.9. The topological polar surface area (TPSA) is 73.6 Å². The van der Waals surface area contributed by atoms with E-state index in [0.717, 1.165) is 18.4 Å². The van der Waals surface area contributed by atoms with Gasteiger partial charge in [0.2, 0.25) is 5.91 Å². The van der Waals surface area contributed by atoms with E-state index in [1.165, 1.54) is 0 Å². The zero-order valence-electron chi connectivity index (χ0n) is 12.9. The van der Waals surface area contributed by atoms with Gasteiger partial charge in [-0.25, -0.2) is 0 Å². The summed E-state index contributed by atoms with van der Waals surface area (Å²) in [4.78, 5) is 14.1. The van der Waals surface area contributed by atoms with Crippen LogP contribution < -0.4 is 4.74 Å². The van der Waals surface area contributed by atoms with Crippen molar-refractivity contribution in [1.29, 1.82) is 5.26 Å². The molecule has 1 fully saturated rings. The van der Waals surface area contributed by atoms with Crippen molar-refractivity contribution in [3.63, 3.8) is 0 Å². The number of aliphatic hydroxyl groups is 1. The molecule has 1 unspecified atom stereocenters. The Kier molecular flexibility index (Phi) is 3.57. The molecule has 2 atom stereocenters. The van der Waals surface area contributed by atoms with Crippen molar-refractivity contribution >= 4 is 5.91 Å². The van der Waals surface area contributed by atoms with Crippen LogP contribution in [0.3, 0.4) is 0 Å². The number of carbonyl (C=O) groups is 1. The lowest BCUT2D eigenvalue weighted by Gasteiger charge is -2.47. The fourth-order valence-electron chi connectivity index (χ4n) is 3.30. The molecule has 0 spiro atoms. The zero-order valence-corrected chi connectivity index (χ0v) is 12.9. The van der Waals surface area contributed by atoms with Crippen LogP contribution in [0.5, 0.6) is 5.75 Å². The average Bonchev–Trinajstić information content (AvgIpc) is 2.49. The minimum absolute atomic E-state index is 0.0568. The quantitative estimate of drug-likeness (QED) is 0.862. The molecule has 0 saturated carbocycles. The largest absolute Gasteiger partial charge is 0.485 e. The van der Waals surface area contributed by atoms with E-state index in [4.69, 9.17) is 10.00 Å². The van der Waals surface area contributed by atoms with Gasteiger partial charge in [-0.2, -0.15) is 5.26 Å². The Hall–Kier alpha value is -2.06. The number of hydrogen-bond acceptors (Lipinski definition) is 4. The van der Waals surface area contributed by atoms with Gasteiger partial charge in [0.15, 0.2) is 0 Å². The van der Waals surface area contributed by atoms with E-state index in [2.05, 4.69) is 6.07 Å². The molecule has 0 aliphatic carbocycles. The summed E-state index contributed by atoms with van der Waals surface area (Å²) in [6.45, 7) is 4.27. The Morgan fingerprint density at radius 1 is 1.41 bits per heavy atom. The number of nitrogens with zero attached hydrogens (tertiary/aromatic N) is 2. The molecule has 2 heterocycles. The van der Waals surface area contributed by atoms with Gasteiger partial charge in [-0.05, 0) is 44.9 Å². The van der Waals surface area contributed by atoms with Gasteiger partial charge < -0.3 is 14.7 Å². The standard InChI is InChI=1S/C17H20N2O3/c1-17(2)16(21)15(19-8-4-3-5-14(19)20)12-9-11(10-18)6-7-13(12)22-17/h6-7,9,15-16,21H,3-5,8H2,1-2H3/t15?,16-/m0/s1. The lowest BCUT2D eigenvalue weighted by molar-refractivity contribution is -0.147. The van der Waals surface area contributed by atoms with Crippen LogP contribution in [0.25, 0.3) is 0 Å². The number of aliphatic hydroxyl groups excluding tert-OH is 1. The minimum atomic E-state index is -0.837. The molecular weight excluding hydrogens is 280 g/mol. The maximum atomic E-state index is 12.3. The molecule has 1 saturated heterocycles. The van der Waals surface area contributed by atoms with Crippen molar-refractivity contribution in [3.8, 4) is 11.8 Å². The molecule has 1 aromatic rings. The Balaban J connectivity index is 2.10. The van der Waals surface area contributed by atoms with Crippen LogP contribution in [0, 0.1) is 11.3 Å². The van der Waals surface area contributed by atoms with Crippen LogP contribution in [0.2, 0.25) is 0 Å². The molecule has 0 bridgehead atoms. The normalized spacial score (nSPS) is 26.8. The Morgan fingerprint density at radius 2 is 2.18 bits per heavy atom. The number of rotatable bonds is 1. The lowest BCUT2D eigenvalue weighted by Crippen LogP contribution is -2.55. The van der Waals surface area contributed by atoms with Crippen LogP contribution in [0.15, 0.2) is 18.2 Å². The van der Waals surface area contributed by atoms with E-state index >= 15 is 0 Å². The minimum Gasteiger partial charge on any atom is -0.485 e. The first-order chi connectivity index (χ1) is 10.4. The highest BCUT2D eigenvalue weighted by molar-refractivity contribution is 5.77. The van der Waals surface area contributed by atoms with Gasteiger partial charge >= 0.3 is 0 Å². The summed E-state index contributed by atoms with van der Waals surface area (Å²) in [6, 6.07) is 6.82. The smallest absolute Gasteiger partial charge is 0.223 e. The third kappa shape index (κ3) is 2.34. The van der Waals surface area contributed by atoms with E-state index in [1.54, 1.807) is 23.1 Å². The van der Waals surface area contributed by atoms with Crippen LogP contribution in [-0.4, -0.2) is 34.2 Å². The van der Waals surface area contributed by atoms with E-state index in [1.807, 2.05) is 13.8 Å². The molecule has 1 N–H and O–H groups in total. The first-order valence-corrected chi connectivity index (χ1v) is 7.64. The first kappa shape index (κ1) is 14.9. The highest BCUT2D eigenvalue weighted by atomic mass is 16.5. The molecule has 0 aromatic heterocycles. The maximum absolute atomic E-state index is 12.3. The summed E-state index contributed by atoms with van der Waals surface area (Å²) in [5.41, 5.74) is 0.439. The number of nitriles is 1. The second kappa shape index (κ2) is 5.29. The van der Waals surface area contributed by atoms with Gasteiger partial charge in [-0.3, -0.25) is 4.79 Å². The lowest BCUT2D eigenvalue weighted by atomic mass is 9.84. The molecule has 2 aliphatic heterocycles. The van der Waals surface area contributed by atoms with Crippen LogP contribution in [0.4, 0.5) is 0 Å². The molecule has 2 aliphatic rings. The van der Waals surface area contributed by atoms with Crippen LogP contribution in [0.1, 0.15) is 50.3 Å². The van der Waals surface area contributed by atoms with Crippen molar-refractivity contribution in [1.82, 2.24) is 4.90 Å². The third-order valence-electron chi connectivity index (χ3n) is 4.54. The summed E-state index contributed by atoms with van der Waals surface area (Å²) in [6.07, 6.45) is 1.50. The summed E-state index contributed by atoms with van der Waals surface area (Å²) in [5.74, 6) is 0.694. The van der Waals surface area contributed by atoms with E-state index in [9.17, 15) is 9.90 Å². The first-order valence-electron chi connectivity index (χ1n) is 7.64. The number of hydrogen-bond donors (Lipinski definition) is 1. The Bertz CT molecular complexity index is 648. The van der Waals surface area contributed by atoms with E-state index in [0.29, 0.717) is 24.3 Å². The van der Waals surface area contributed by atoms with Crippen molar-refractivity contribution in [3.05, 3.63) is 29.3 Å². The molecule has 1 aromatic carbocycles. The Labute approximate surface area is 130 Å². The molecule has 22 heavy (non-hydrogen) atoms. The van der Waals surface area contributed by atoms with Crippen LogP contribution >= 0.6 is 0 Å². The van der Waals surface area contributed by atoms with Crippen LogP contribution in [-0.2, 0) is 4.79 Å². The van der Waals surface area contributed by atoms with Gasteiger partial charge in [0, 0.05) is 18.5 Å². The summed E-state index contributed by atoms with van der Waals surface area (Å²) in [5, 5.41) is 19.9. The predicted octanol–water partition coefficient (Wildman–Crippen LogP) is 2.14. The number of benzene rings is 1. The maximum Gasteiger partial charge on any atom is 0.223 e. The number of amides is 1. The highest BCUT2D eigenvalue weighted by Gasteiger charge is 2.47. The third-order valence-corrected chi connectivity index (χ3v) is 4.54. The molecule has 116 valence electrons. The monoisotopic (exact) mass is 300 g/mol. The number of ether oxygens (including phenoxy) is 1. The van der Waals surface area contributed by atoms with Gasteiger partial charge in [0.05, 0.1) is 17.7 Å². The Morgan fingerprint density at radius 3 is 2.86 bits per heavy atom. The highest BCUT2D eigenvalue weighted by Crippen LogP contribution is 2.44. The second-order valence-corrected chi connectivity index (χ2v) is 6.50. The van der Waals surface area contributed by atoms with Crippen molar-refractivity contribution in [2.75, 3.05) is 6.54 Å². The molecule has 5 nitrogen and oxygen atoms in total. The average molecular weight is 300 g/mol. The summed E-state index contributed by atoms with van der Waals surface area (Å²) >= 11 is 0. The molecule has 3 rings (SSSR count). The SMILES string of the molecule is CC1(C)Oc2ccc(C#N)cc2C(N2CCCCC2=O)[C@@H]1O. The van der Waals surface area contributed by atoms with E-state index in [-0.39, 0.29) is 5.91 Å². The van der Waals surface area contributed by atoms with Gasteiger partial charge in [0.25, 0.3) is 0 Å². The van der Waals surface area contributed by atoms with Gasteiger partial charge in [-0.1, -0.05) is 0 Å². The van der Waals surface area contributed by atoms with Crippen molar-refractivity contribution < 1.29 is 14.6 Å². The van der Waals surface area contributed by atoms with Crippen molar-refractivity contribution in [2.24, 2.45) is 0 Å². The van der Waals surface area contributed by atoms with Crippen molar-refractivity contribution in [2.45, 2.75) is 50.9 Å². The summed E-state index contributed by atoms with van der Waals surface area (Å²) < 4.78 is 5.89. The molecule has 0 radical (unpaired) electrons. The number of likely N-dealkylation sites (tertiary alicyclic amines) is 1. The van der Waals surface area contributed by atoms with E-state index < -0.39 is 17.7 Å². The second-order valence-electron chi connectivity index (χ2n) is 6.50. The fourth-order valence-corrected chi connectivity index (χ4v) is 3.30. The molecule has 1 amide bonds. The summed E-state index contributed by atoms with van der Waals surface area (Å²) in [7, 11) is 0. The van der Waals surface area contributed by atoms with Gasteiger partial charge in [-0.15, -0.1) is 0 Å². The van der Waals surface area contributed by atoms with Gasteiger partial charge in [0.1, 0.15) is 17.5 Å². The number of fused-ring (bicyclic) bond motifs is 1. The predicted molar refractivity (Wildman–Crippen MR) is 80.2 cm³/mol. The fraction of sp³-hybridized carbons (Fsp3) is 0.529.